The Kier molecular flexibility index (Phi) is 7.13. The van der Waals surface area contributed by atoms with E-state index in [9.17, 15) is 17.6 Å². The minimum Gasteiger partial charge on any atom is -0.371 e. The van der Waals surface area contributed by atoms with E-state index in [2.05, 4.69) is 51.7 Å². The predicted molar refractivity (Wildman–Crippen MR) is 130 cm³/mol. The predicted octanol–water partition coefficient (Wildman–Crippen LogP) is 2.68. The number of anilines is 2. The molecule has 0 spiro atoms. The van der Waals surface area contributed by atoms with Crippen molar-refractivity contribution in [2.45, 2.75) is 45.4 Å². The third-order valence-electron chi connectivity index (χ3n) is 6.54. The van der Waals surface area contributed by atoms with Crippen molar-refractivity contribution in [1.82, 2.24) is 19.6 Å². The van der Waals surface area contributed by atoms with Gasteiger partial charge in [0.05, 0.1) is 6.26 Å². The van der Waals surface area contributed by atoms with Crippen LogP contribution < -0.4 is 9.62 Å². The largest absolute Gasteiger partial charge is 0.371 e. The lowest BCUT2D eigenvalue weighted by atomic mass is 10.0. The van der Waals surface area contributed by atoms with E-state index in [1.807, 2.05) is 0 Å². The Bertz CT molecular complexity index is 1130. The number of nitrogens with one attached hydrogen (secondary N) is 1. The number of nitrogens with zero attached hydrogens (tertiary/aromatic N) is 5. The smallest absolute Gasteiger partial charge is 0.344 e. The van der Waals surface area contributed by atoms with Crippen molar-refractivity contribution >= 4 is 27.6 Å². The molecular weight excluding hydrogens is 459 g/mol. The van der Waals surface area contributed by atoms with Crippen molar-refractivity contribution in [1.29, 1.82) is 0 Å². The summed E-state index contributed by atoms with van der Waals surface area (Å²) in [6.07, 6.45) is 2.98. The first kappa shape index (κ1) is 24.5. The van der Waals surface area contributed by atoms with Crippen LogP contribution >= 0.6 is 0 Å². The number of amides is 1. The van der Waals surface area contributed by atoms with Gasteiger partial charge < -0.3 is 9.80 Å². The molecule has 0 saturated carbocycles. The van der Waals surface area contributed by atoms with Crippen molar-refractivity contribution in [3.63, 3.8) is 0 Å². The van der Waals surface area contributed by atoms with Gasteiger partial charge in [-0.3, -0.25) is 9.62 Å². The lowest BCUT2D eigenvalue weighted by Crippen LogP contribution is -2.54. The van der Waals surface area contributed by atoms with E-state index in [4.69, 9.17) is 0 Å². The van der Waals surface area contributed by atoms with Crippen molar-refractivity contribution in [2.75, 3.05) is 48.6 Å². The Balaban J connectivity index is 1.37. The number of piperazine rings is 1. The Morgan fingerprint density at radius 1 is 1.18 bits per heavy atom. The Hall–Kier alpha value is -2.66. The van der Waals surface area contributed by atoms with Gasteiger partial charge in [0.2, 0.25) is 10.0 Å². The summed E-state index contributed by atoms with van der Waals surface area (Å²) in [5, 5.41) is 4.04. The number of carbonyl (C=O) groups is 1. The topological polar surface area (TPSA) is 90.8 Å². The first-order valence-electron chi connectivity index (χ1n) is 11.6. The number of sulfonamides is 1. The van der Waals surface area contributed by atoms with Crippen molar-refractivity contribution in [2.24, 2.45) is 0 Å². The molecule has 2 aliphatic heterocycles. The van der Waals surface area contributed by atoms with Gasteiger partial charge in [-0.05, 0) is 43.9 Å². The highest BCUT2D eigenvalue weighted by Crippen LogP contribution is 2.27. The zero-order chi connectivity index (χ0) is 24.5. The highest BCUT2D eigenvalue weighted by molar-refractivity contribution is 7.92. The molecule has 186 valence electrons. The number of benzene rings is 1. The molecule has 0 aliphatic carbocycles. The molecule has 4 rings (SSSR count). The molecule has 0 bridgehead atoms. The van der Waals surface area contributed by atoms with Gasteiger partial charge in [0.15, 0.2) is 5.82 Å². The maximum Gasteiger partial charge on any atom is 0.344 e. The molecule has 3 heterocycles. The van der Waals surface area contributed by atoms with E-state index in [1.165, 1.54) is 33.8 Å². The summed E-state index contributed by atoms with van der Waals surface area (Å²) in [6.45, 7) is 8.30. The van der Waals surface area contributed by atoms with E-state index < -0.39 is 16.2 Å². The molecule has 2 aromatic rings. The minimum absolute atomic E-state index is 0.119. The van der Waals surface area contributed by atoms with E-state index in [0.717, 1.165) is 32.4 Å². The van der Waals surface area contributed by atoms with Crippen LogP contribution in [0.1, 0.15) is 30.9 Å². The summed E-state index contributed by atoms with van der Waals surface area (Å²) < 4.78 is 39.8. The summed E-state index contributed by atoms with van der Waals surface area (Å²) in [6, 6.07) is 7.83. The Morgan fingerprint density at radius 3 is 2.59 bits per heavy atom. The van der Waals surface area contributed by atoms with Crippen LogP contribution in [0, 0.1) is 6.92 Å². The van der Waals surface area contributed by atoms with Crippen molar-refractivity contribution < 1.29 is 17.6 Å². The summed E-state index contributed by atoms with van der Waals surface area (Å²) >= 11 is 0. The second-order valence-corrected chi connectivity index (χ2v) is 11.1. The van der Waals surface area contributed by atoms with Gasteiger partial charge in [0.1, 0.15) is 6.17 Å². The molecule has 1 aromatic heterocycles. The minimum atomic E-state index is -3.45. The van der Waals surface area contributed by atoms with Gasteiger partial charge in [-0.25, -0.2) is 17.6 Å². The maximum atomic E-state index is 13.6. The molecule has 9 nitrogen and oxygen atoms in total. The van der Waals surface area contributed by atoms with Crippen molar-refractivity contribution in [3.05, 3.63) is 41.6 Å². The zero-order valence-electron chi connectivity index (χ0n) is 19.9. The molecule has 1 aromatic carbocycles. The first-order valence-corrected chi connectivity index (χ1v) is 13.5. The number of aryl methyl sites for hydroxylation is 1. The molecule has 2 aliphatic rings. The van der Waals surface area contributed by atoms with E-state index in [1.54, 1.807) is 4.90 Å². The molecule has 2 fully saturated rings. The molecular formula is C23H33FN6O3S. The fraction of sp³-hybridized carbons (Fsp3) is 0.565. The van der Waals surface area contributed by atoms with Crippen LogP contribution in [0.5, 0.6) is 0 Å². The Morgan fingerprint density at radius 2 is 1.91 bits per heavy atom. The lowest BCUT2D eigenvalue weighted by Gasteiger charge is -2.39. The summed E-state index contributed by atoms with van der Waals surface area (Å²) in [4.78, 5) is 19.2. The summed E-state index contributed by atoms with van der Waals surface area (Å²) in [7, 11) is -3.45. The van der Waals surface area contributed by atoms with E-state index >= 15 is 0 Å². The number of alkyl halides is 1. The van der Waals surface area contributed by atoms with Crippen LogP contribution in [0.25, 0.3) is 0 Å². The van der Waals surface area contributed by atoms with Gasteiger partial charge in [0, 0.05) is 63.3 Å². The van der Waals surface area contributed by atoms with E-state index in [-0.39, 0.29) is 17.9 Å². The number of aromatic nitrogens is 2. The SMILES string of the molecule is Cc1ccc(CN2CCN(C(=O)n3ccc(NS(C)(=O)=O)n3)CC2C)cc1N1CCC(F)CC1. The molecule has 1 atom stereocenters. The van der Waals surface area contributed by atoms with Crippen LogP contribution in [-0.2, 0) is 16.6 Å². The molecule has 34 heavy (non-hydrogen) atoms. The van der Waals surface area contributed by atoms with Crippen LogP contribution in [0.4, 0.5) is 20.7 Å². The highest BCUT2D eigenvalue weighted by atomic mass is 32.2. The van der Waals surface area contributed by atoms with Gasteiger partial charge in [-0.1, -0.05) is 12.1 Å². The van der Waals surface area contributed by atoms with Gasteiger partial charge >= 0.3 is 6.03 Å². The maximum absolute atomic E-state index is 13.6. The standard InChI is InChI=1S/C23H33FN6O3S/c1-17-4-5-19(14-21(17)27-9-6-20(24)7-10-27)16-28-12-13-29(15-18(28)2)23(31)30-11-8-22(25-30)26-34(3,32)33/h4-5,8,11,14,18,20H,6-7,9-10,12-13,15-16H2,1-3H3,(H,25,26). The molecule has 1 unspecified atom stereocenters. The van der Waals surface area contributed by atoms with Crippen LogP contribution in [-0.4, -0.2) is 85.2 Å². The second-order valence-electron chi connectivity index (χ2n) is 9.35. The number of piperidine rings is 1. The number of hydrogen-bond donors (Lipinski definition) is 1. The lowest BCUT2D eigenvalue weighted by molar-refractivity contribution is 0.0921. The average molecular weight is 493 g/mol. The van der Waals surface area contributed by atoms with E-state index in [0.29, 0.717) is 25.9 Å². The molecule has 0 radical (unpaired) electrons. The highest BCUT2D eigenvalue weighted by Gasteiger charge is 2.28. The number of carbonyl (C=O) groups excluding carboxylic acids is 1. The van der Waals surface area contributed by atoms with Gasteiger partial charge in [0.25, 0.3) is 0 Å². The second kappa shape index (κ2) is 9.91. The third-order valence-corrected chi connectivity index (χ3v) is 7.11. The van der Waals surface area contributed by atoms with Crippen LogP contribution in [0.3, 0.4) is 0 Å². The number of hydrogen-bond acceptors (Lipinski definition) is 6. The fourth-order valence-electron chi connectivity index (χ4n) is 4.64. The quantitative estimate of drug-likeness (QED) is 0.690. The summed E-state index contributed by atoms with van der Waals surface area (Å²) in [5.41, 5.74) is 3.59. The van der Waals surface area contributed by atoms with Crippen LogP contribution in [0.15, 0.2) is 30.5 Å². The first-order chi connectivity index (χ1) is 16.1. The monoisotopic (exact) mass is 492 g/mol. The van der Waals surface area contributed by atoms with Gasteiger partial charge in [-0.2, -0.15) is 4.68 Å². The van der Waals surface area contributed by atoms with Crippen molar-refractivity contribution in [3.8, 4) is 0 Å². The fourth-order valence-corrected chi connectivity index (χ4v) is 5.13. The Labute approximate surface area is 200 Å². The van der Waals surface area contributed by atoms with Crippen LogP contribution in [0.2, 0.25) is 0 Å². The van der Waals surface area contributed by atoms with Gasteiger partial charge in [-0.15, -0.1) is 5.10 Å². The third kappa shape index (κ3) is 5.87. The normalized spacial score (nSPS) is 20.5. The molecule has 1 N–H and O–H groups in total. The molecule has 2 saturated heterocycles. The summed E-state index contributed by atoms with van der Waals surface area (Å²) in [5.74, 6) is 0.119. The average Bonchev–Trinajstić information content (AvgIpc) is 3.23. The molecule has 11 heteroatoms. The molecule has 1 amide bonds. The zero-order valence-corrected chi connectivity index (χ0v) is 20.8. The number of rotatable bonds is 5. The number of halogens is 1.